The van der Waals surface area contributed by atoms with Crippen molar-refractivity contribution in [2.45, 2.75) is 58.1 Å². The van der Waals surface area contributed by atoms with Gasteiger partial charge < -0.3 is 9.47 Å². The van der Waals surface area contributed by atoms with E-state index in [0.29, 0.717) is 12.0 Å². The largest absolute Gasteiger partial charge is 0.353 e. The minimum absolute atomic E-state index is 0.0630. The van der Waals surface area contributed by atoms with Gasteiger partial charge in [0.15, 0.2) is 6.29 Å². The Hall–Kier alpha value is 0.210. The zero-order valence-corrected chi connectivity index (χ0v) is 10.3. The summed E-state index contributed by atoms with van der Waals surface area (Å²) in [5.74, 6) is 0. The van der Waals surface area contributed by atoms with Gasteiger partial charge in [0.2, 0.25) is 0 Å². The summed E-state index contributed by atoms with van der Waals surface area (Å²) in [6.07, 6.45) is 4.52. The minimum Gasteiger partial charge on any atom is -0.353 e. The van der Waals surface area contributed by atoms with Gasteiger partial charge in [-0.1, -0.05) is 12.8 Å². The standard InChI is InChI=1S/C11H23ClO2/c1-4-13-11(3)14-9-7-5-6-8-10(2)12/h10-11H,4-9H2,1-3H3. The van der Waals surface area contributed by atoms with Gasteiger partial charge in [-0.2, -0.15) is 0 Å². The Bertz CT molecular complexity index is 118. The molecular weight excluding hydrogens is 200 g/mol. The van der Waals surface area contributed by atoms with E-state index >= 15 is 0 Å². The number of unbranched alkanes of at least 4 members (excludes halogenated alkanes) is 2. The highest BCUT2D eigenvalue weighted by Gasteiger charge is 2.00. The summed E-state index contributed by atoms with van der Waals surface area (Å²) in [6.45, 7) is 7.45. The second kappa shape index (κ2) is 9.75. The first-order chi connectivity index (χ1) is 6.66. The monoisotopic (exact) mass is 222 g/mol. The Balaban J connectivity index is 3.05. The molecule has 0 radical (unpaired) electrons. The van der Waals surface area contributed by atoms with E-state index in [1.807, 2.05) is 20.8 Å². The van der Waals surface area contributed by atoms with Crippen LogP contribution in [0, 0.1) is 0 Å². The van der Waals surface area contributed by atoms with E-state index in [2.05, 4.69) is 0 Å². The summed E-state index contributed by atoms with van der Waals surface area (Å²) in [6, 6.07) is 0. The van der Waals surface area contributed by atoms with Crippen molar-refractivity contribution in [1.82, 2.24) is 0 Å². The molecule has 0 fully saturated rings. The molecule has 0 saturated carbocycles. The number of halogens is 1. The third-order valence-electron chi connectivity index (χ3n) is 2.00. The number of ether oxygens (including phenoxy) is 2. The van der Waals surface area contributed by atoms with Gasteiger partial charge in [0, 0.05) is 18.6 Å². The van der Waals surface area contributed by atoms with Gasteiger partial charge >= 0.3 is 0 Å². The Morgan fingerprint density at radius 3 is 2.36 bits per heavy atom. The van der Waals surface area contributed by atoms with E-state index < -0.39 is 0 Å². The molecule has 0 aromatic rings. The van der Waals surface area contributed by atoms with Crippen LogP contribution in [0.15, 0.2) is 0 Å². The Kier molecular flexibility index (Phi) is 9.90. The fourth-order valence-corrected chi connectivity index (χ4v) is 1.39. The topological polar surface area (TPSA) is 18.5 Å². The lowest BCUT2D eigenvalue weighted by molar-refractivity contribution is -0.127. The summed E-state index contributed by atoms with van der Waals surface area (Å²) in [7, 11) is 0. The molecule has 2 atom stereocenters. The van der Waals surface area contributed by atoms with Crippen LogP contribution in [0.3, 0.4) is 0 Å². The van der Waals surface area contributed by atoms with Gasteiger partial charge in [-0.05, 0) is 33.6 Å². The molecule has 86 valence electrons. The van der Waals surface area contributed by atoms with Crippen LogP contribution in [-0.4, -0.2) is 24.9 Å². The van der Waals surface area contributed by atoms with Crippen molar-refractivity contribution in [3.05, 3.63) is 0 Å². The van der Waals surface area contributed by atoms with E-state index in [0.717, 1.165) is 19.4 Å². The molecule has 0 aliphatic heterocycles. The van der Waals surface area contributed by atoms with Crippen LogP contribution in [0.25, 0.3) is 0 Å². The van der Waals surface area contributed by atoms with Crippen LogP contribution >= 0.6 is 11.6 Å². The molecular formula is C11H23ClO2. The van der Waals surface area contributed by atoms with Crippen molar-refractivity contribution in [3.8, 4) is 0 Å². The lowest BCUT2D eigenvalue weighted by atomic mass is 10.2. The highest BCUT2D eigenvalue weighted by atomic mass is 35.5. The summed E-state index contributed by atoms with van der Waals surface area (Å²) in [5, 5.41) is 0.304. The lowest BCUT2D eigenvalue weighted by Gasteiger charge is -2.12. The van der Waals surface area contributed by atoms with Crippen LogP contribution in [-0.2, 0) is 9.47 Å². The average Bonchev–Trinajstić information content (AvgIpc) is 2.11. The van der Waals surface area contributed by atoms with Gasteiger partial charge in [0.05, 0.1) is 0 Å². The molecule has 0 saturated heterocycles. The second-order valence-corrected chi connectivity index (χ2v) is 4.27. The average molecular weight is 223 g/mol. The predicted molar refractivity (Wildman–Crippen MR) is 60.8 cm³/mol. The molecule has 0 aliphatic rings. The van der Waals surface area contributed by atoms with Crippen molar-refractivity contribution in [2.75, 3.05) is 13.2 Å². The number of hydrogen-bond acceptors (Lipinski definition) is 2. The van der Waals surface area contributed by atoms with E-state index in [-0.39, 0.29) is 6.29 Å². The highest BCUT2D eigenvalue weighted by Crippen LogP contribution is 2.08. The molecule has 0 aromatic heterocycles. The van der Waals surface area contributed by atoms with Crippen molar-refractivity contribution in [1.29, 1.82) is 0 Å². The summed E-state index contributed by atoms with van der Waals surface area (Å²) in [4.78, 5) is 0. The van der Waals surface area contributed by atoms with Crippen molar-refractivity contribution < 1.29 is 9.47 Å². The Morgan fingerprint density at radius 1 is 1.07 bits per heavy atom. The minimum atomic E-state index is -0.0630. The summed E-state index contributed by atoms with van der Waals surface area (Å²) < 4.78 is 10.7. The maximum atomic E-state index is 5.83. The summed E-state index contributed by atoms with van der Waals surface area (Å²) >= 11 is 5.83. The molecule has 14 heavy (non-hydrogen) atoms. The fraction of sp³-hybridized carbons (Fsp3) is 1.00. The van der Waals surface area contributed by atoms with Crippen molar-refractivity contribution >= 4 is 11.6 Å². The van der Waals surface area contributed by atoms with Gasteiger partial charge in [-0.3, -0.25) is 0 Å². The molecule has 0 N–H and O–H groups in total. The molecule has 0 amide bonds. The maximum Gasteiger partial charge on any atom is 0.154 e. The smallest absolute Gasteiger partial charge is 0.154 e. The number of alkyl halides is 1. The molecule has 0 aliphatic carbocycles. The van der Waals surface area contributed by atoms with E-state index in [1.165, 1.54) is 12.8 Å². The van der Waals surface area contributed by atoms with Crippen molar-refractivity contribution in [2.24, 2.45) is 0 Å². The third-order valence-corrected chi connectivity index (χ3v) is 2.22. The van der Waals surface area contributed by atoms with Gasteiger partial charge in [0.25, 0.3) is 0 Å². The molecule has 2 nitrogen and oxygen atoms in total. The van der Waals surface area contributed by atoms with E-state index in [1.54, 1.807) is 0 Å². The van der Waals surface area contributed by atoms with E-state index in [9.17, 15) is 0 Å². The fourth-order valence-electron chi connectivity index (χ4n) is 1.24. The molecule has 3 heteroatoms. The zero-order valence-electron chi connectivity index (χ0n) is 9.59. The van der Waals surface area contributed by atoms with Crippen molar-refractivity contribution in [3.63, 3.8) is 0 Å². The third kappa shape index (κ3) is 10.3. The molecule has 0 rings (SSSR count). The molecule has 2 unspecified atom stereocenters. The van der Waals surface area contributed by atoms with Gasteiger partial charge in [-0.15, -0.1) is 11.6 Å². The molecule has 0 aromatic carbocycles. The van der Waals surface area contributed by atoms with Crippen LogP contribution in [0.5, 0.6) is 0 Å². The SMILES string of the molecule is CCOC(C)OCCCCCC(C)Cl. The number of hydrogen-bond donors (Lipinski definition) is 0. The zero-order chi connectivity index (χ0) is 10.8. The van der Waals surface area contributed by atoms with Crippen LogP contribution < -0.4 is 0 Å². The van der Waals surface area contributed by atoms with Crippen LogP contribution in [0.1, 0.15) is 46.5 Å². The van der Waals surface area contributed by atoms with Crippen LogP contribution in [0.2, 0.25) is 0 Å². The first-order valence-corrected chi connectivity index (χ1v) is 5.97. The molecule has 0 spiro atoms. The molecule has 0 bridgehead atoms. The Morgan fingerprint density at radius 2 is 1.79 bits per heavy atom. The second-order valence-electron chi connectivity index (χ2n) is 3.52. The summed E-state index contributed by atoms with van der Waals surface area (Å²) in [5.41, 5.74) is 0. The highest BCUT2D eigenvalue weighted by molar-refractivity contribution is 6.20. The van der Waals surface area contributed by atoms with E-state index in [4.69, 9.17) is 21.1 Å². The van der Waals surface area contributed by atoms with Crippen LogP contribution in [0.4, 0.5) is 0 Å². The first kappa shape index (κ1) is 14.2. The van der Waals surface area contributed by atoms with Gasteiger partial charge in [0.1, 0.15) is 0 Å². The molecule has 0 heterocycles. The normalized spacial score (nSPS) is 15.4. The Labute approximate surface area is 92.9 Å². The number of rotatable bonds is 9. The first-order valence-electron chi connectivity index (χ1n) is 5.54. The quantitative estimate of drug-likeness (QED) is 0.337. The van der Waals surface area contributed by atoms with Gasteiger partial charge in [-0.25, -0.2) is 0 Å². The predicted octanol–water partition coefficient (Wildman–Crippen LogP) is 3.57. The lowest BCUT2D eigenvalue weighted by Crippen LogP contribution is -2.13. The maximum absolute atomic E-state index is 5.83.